The number of anilines is 1. The van der Waals surface area contributed by atoms with Gasteiger partial charge in [-0.2, -0.15) is 0 Å². The second-order valence-electron chi connectivity index (χ2n) is 4.85. The number of benzene rings is 1. The van der Waals surface area contributed by atoms with E-state index in [9.17, 15) is 0 Å². The molecule has 2 rings (SSSR count). The van der Waals surface area contributed by atoms with Crippen LogP contribution in [0.15, 0.2) is 18.2 Å². The number of rotatable bonds is 4. The molecule has 1 fully saturated rings. The minimum atomic E-state index is 0.734. The summed E-state index contributed by atoms with van der Waals surface area (Å²) in [6, 6.07) is 6.49. The van der Waals surface area contributed by atoms with Gasteiger partial charge >= 0.3 is 0 Å². The molecule has 1 aromatic rings. The van der Waals surface area contributed by atoms with Crippen LogP contribution in [-0.2, 0) is 6.54 Å². The first kappa shape index (κ1) is 12.7. The highest BCUT2D eigenvalue weighted by atomic mass is 35.5. The molecular formula is C14H21ClN2. The quantitative estimate of drug-likeness (QED) is 0.829. The largest absolute Gasteiger partial charge is 0.399 e. The molecule has 1 aliphatic carbocycles. The van der Waals surface area contributed by atoms with E-state index in [0.29, 0.717) is 0 Å². The lowest BCUT2D eigenvalue weighted by molar-refractivity contribution is 0.200. The summed E-state index contributed by atoms with van der Waals surface area (Å²) in [5.41, 5.74) is 7.77. The van der Waals surface area contributed by atoms with Crippen LogP contribution in [0.5, 0.6) is 0 Å². The molecule has 0 aliphatic heterocycles. The highest BCUT2D eigenvalue weighted by Crippen LogP contribution is 2.27. The first-order valence-electron chi connectivity index (χ1n) is 6.48. The molecule has 0 unspecified atom stereocenters. The van der Waals surface area contributed by atoms with E-state index in [1.807, 2.05) is 18.2 Å². The Bertz CT molecular complexity index is 372. The summed E-state index contributed by atoms with van der Waals surface area (Å²) in [7, 11) is 0. The van der Waals surface area contributed by atoms with Gasteiger partial charge in [0.1, 0.15) is 0 Å². The maximum absolute atomic E-state index is 6.22. The van der Waals surface area contributed by atoms with Gasteiger partial charge in [0, 0.05) is 23.3 Å². The van der Waals surface area contributed by atoms with E-state index in [1.165, 1.54) is 25.7 Å². The highest BCUT2D eigenvalue weighted by molar-refractivity contribution is 6.31. The molecule has 17 heavy (non-hydrogen) atoms. The van der Waals surface area contributed by atoms with Gasteiger partial charge in [-0.05, 0) is 43.1 Å². The molecule has 0 aromatic heterocycles. The van der Waals surface area contributed by atoms with Crippen molar-refractivity contribution >= 4 is 17.3 Å². The number of nitrogens with zero attached hydrogens (tertiary/aromatic N) is 1. The van der Waals surface area contributed by atoms with Crippen molar-refractivity contribution in [3.05, 3.63) is 28.8 Å². The molecule has 0 atom stereocenters. The molecule has 1 aliphatic rings. The molecular weight excluding hydrogens is 232 g/mol. The summed E-state index contributed by atoms with van der Waals surface area (Å²) in [6.45, 7) is 4.22. The lowest BCUT2D eigenvalue weighted by atomic mass is 10.1. The van der Waals surface area contributed by atoms with Crippen molar-refractivity contribution < 1.29 is 0 Å². The summed E-state index contributed by atoms with van der Waals surface area (Å²) in [5, 5.41) is 0.829. The van der Waals surface area contributed by atoms with Gasteiger partial charge in [0.25, 0.3) is 0 Å². The van der Waals surface area contributed by atoms with Crippen molar-refractivity contribution in [3.8, 4) is 0 Å². The fourth-order valence-corrected chi connectivity index (χ4v) is 2.88. The zero-order chi connectivity index (χ0) is 12.3. The topological polar surface area (TPSA) is 29.3 Å². The fraction of sp³-hybridized carbons (Fsp3) is 0.571. The highest BCUT2D eigenvalue weighted by Gasteiger charge is 2.21. The second-order valence-corrected chi connectivity index (χ2v) is 5.26. The Morgan fingerprint density at radius 2 is 2.06 bits per heavy atom. The summed E-state index contributed by atoms with van der Waals surface area (Å²) in [4.78, 5) is 2.52. The minimum Gasteiger partial charge on any atom is -0.399 e. The van der Waals surface area contributed by atoms with Gasteiger partial charge < -0.3 is 5.73 Å². The number of halogens is 1. The molecule has 2 nitrogen and oxygen atoms in total. The fourth-order valence-electron chi connectivity index (χ4n) is 2.70. The van der Waals surface area contributed by atoms with Gasteiger partial charge in [-0.15, -0.1) is 0 Å². The molecule has 0 radical (unpaired) electrons. The van der Waals surface area contributed by atoms with Crippen LogP contribution in [0.25, 0.3) is 0 Å². The lowest BCUT2D eigenvalue weighted by Crippen LogP contribution is -2.32. The Morgan fingerprint density at radius 3 is 2.71 bits per heavy atom. The van der Waals surface area contributed by atoms with Gasteiger partial charge in [-0.1, -0.05) is 31.4 Å². The molecule has 94 valence electrons. The Kier molecular flexibility index (Phi) is 4.30. The molecule has 2 N–H and O–H groups in total. The van der Waals surface area contributed by atoms with Crippen LogP contribution < -0.4 is 5.73 Å². The van der Waals surface area contributed by atoms with Crippen molar-refractivity contribution in [2.45, 2.75) is 45.2 Å². The zero-order valence-electron chi connectivity index (χ0n) is 10.5. The number of nitrogen functional groups attached to an aromatic ring is 1. The van der Waals surface area contributed by atoms with Crippen molar-refractivity contribution in [2.75, 3.05) is 12.3 Å². The molecule has 1 aromatic carbocycles. The average molecular weight is 253 g/mol. The van der Waals surface area contributed by atoms with Crippen LogP contribution in [0.2, 0.25) is 5.02 Å². The molecule has 1 saturated carbocycles. The van der Waals surface area contributed by atoms with Crippen molar-refractivity contribution in [3.63, 3.8) is 0 Å². The first-order chi connectivity index (χ1) is 8.20. The predicted octanol–water partition coefficient (Wildman–Crippen LogP) is 3.69. The predicted molar refractivity (Wildman–Crippen MR) is 74.2 cm³/mol. The lowest BCUT2D eigenvalue weighted by Gasteiger charge is -2.27. The Hall–Kier alpha value is -0.730. The minimum absolute atomic E-state index is 0.734. The first-order valence-corrected chi connectivity index (χ1v) is 6.86. The van der Waals surface area contributed by atoms with Crippen LogP contribution in [0.3, 0.4) is 0 Å². The number of nitrogens with two attached hydrogens (primary N) is 1. The molecule has 0 saturated heterocycles. The smallest absolute Gasteiger partial charge is 0.0452 e. The molecule has 0 bridgehead atoms. The van der Waals surface area contributed by atoms with Crippen LogP contribution in [-0.4, -0.2) is 17.5 Å². The van der Waals surface area contributed by atoms with Crippen molar-refractivity contribution in [1.29, 1.82) is 0 Å². The Morgan fingerprint density at radius 1 is 1.35 bits per heavy atom. The third kappa shape index (κ3) is 3.14. The second kappa shape index (κ2) is 5.74. The van der Waals surface area contributed by atoms with E-state index in [-0.39, 0.29) is 0 Å². The van der Waals surface area contributed by atoms with E-state index in [2.05, 4.69) is 11.8 Å². The third-order valence-electron chi connectivity index (χ3n) is 3.69. The average Bonchev–Trinajstić information content (AvgIpc) is 2.84. The summed E-state index contributed by atoms with van der Waals surface area (Å²) < 4.78 is 0. The van der Waals surface area contributed by atoms with Crippen LogP contribution in [0, 0.1) is 0 Å². The van der Waals surface area contributed by atoms with E-state index in [1.54, 1.807) is 0 Å². The number of hydrogen-bond donors (Lipinski definition) is 1. The monoisotopic (exact) mass is 252 g/mol. The molecule has 0 heterocycles. The van der Waals surface area contributed by atoms with Crippen molar-refractivity contribution in [1.82, 2.24) is 4.90 Å². The summed E-state index contributed by atoms with van der Waals surface area (Å²) in [6.07, 6.45) is 5.39. The van der Waals surface area contributed by atoms with Crippen LogP contribution in [0.4, 0.5) is 5.69 Å². The normalized spacial score (nSPS) is 16.9. The Labute approximate surface area is 109 Å². The van der Waals surface area contributed by atoms with Crippen molar-refractivity contribution in [2.24, 2.45) is 0 Å². The number of hydrogen-bond acceptors (Lipinski definition) is 2. The van der Waals surface area contributed by atoms with E-state index >= 15 is 0 Å². The maximum Gasteiger partial charge on any atom is 0.0452 e. The zero-order valence-corrected chi connectivity index (χ0v) is 11.2. The maximum atomic E-state index is 6.22. The standard InChI is InChI=1S/C14H21ClN2/c1-2-17(13-5-3-4-6-13)10-11-9-12(16)7-8-14(11)15/h7-9,13H,2-6,10,16H2,1H3. The van der Waals surface area contributed by atoms with Crippen LogP contribution >= 0.6 is 11.6 Å². The SMILES string of the molecule is CCN(Cc1cc(N)ccc1Cl)C1CCCC1. The van der Waals surface area contributed by atoms with E-state index < -0.39 is 0 Å². The van der Waals surface area contributed by atoms with E-state index in [0.717, 1.165) is 35.4 Å². The molecule has 3 heteroatoms. The van der Waals surface area contributed by atoms with E-state index in [4.69, 9.17) is 17.3 Å². The summed E-state index contributed by atoms with van der Waals surface area (Å²) >= 11 is 6.22. The van der Waals surface area contributed by atoms with Gasteiger partial charge in [0.2, 0.25) is 0 Å². The van der Waals surface area contributed by atoms with Gasteiger partial charge in [-0.25, -0.2) is 0 Å². The van der Waals surface area contributed by atoms with Gasteiger partial charge in [0.05, 0.1) is 0 Å². The third-order valence-corrected chi connectivity index (χ3v) is 4.06. The molecule has 0 spiro atoms. The van der Waals surface area contributed by atoms with Crippen LogP contribution in [0.1, 0.15) is 38.2 Å². The van der Waals surface area contributed by atoms with Gasteiger partial charge in [-0.3, -0.25) is 4.90 Å². The molecule has 0 amide bonds. The van der Waals surface area contributed by atoms with Gasteiger partial charge in [0.15, 0.2) is 0 Å². The summed E-state index contributed by atoms with van der Waals surface area (Å²) in [5.74, 6) is 0. The Balaban J connectivity index is 2.09.